The summed E-state index contributed by atoms with van der Waals surface area (Å²) in [6.45, 7) is 2.48. The summed E-state index contributed by atoms with van der Waals surface area (Å²) in [4.78, 5) is 19.1. The number of hydrogen-bond donors (Lipinski definition) is 0. The molecule has 0 radical (unpaired) electrons. The Morgan fingerprint density at radius 2 is 1.69 bits per heavy atom. The lowest BCUT2D eigenvalue weighted by Crippen LogP contribution is -2.40. The second-order valence-corrected chi connectivity index (χ2v) is 7.92. The lowest BCUT2D eigenvalue weighted by atomic mass is 10.0. The van der Waals surface area contributed by atoms with Crippen molar-refractivity contribution < 1.29 is 13.9 Å². The molecule has 0 unspecified atom stereocenters. The minimum absolute atomic E-state index is 0.0529. The van der Waals surface area contributed by atoms with Gasteiger partial charge in [-0.3, -0.25) is 9.20 Å². The average molecular weight is 423 g/mol. The van der Waals surface area contributed by atoms with Crippen LogP contribution in [0, 0.1) is 0 Å². The Bertz CT molecular complexity index is 1390. The van der Waals surface area contributed by atoms with E-state index in [9.17, 15) is 4.79 Å². The number of benzene rings is 2. The summed E-state index contributed by atoms with van der Waals surface area (Å²) in [5.41, 5.74) is 5.38. The molecular formula is C26H21N3O3. The van der Waals surface area contributed by atoms with Gasteiger partial charge in [0.2, 0.25) is 0 Å². The number of nitrogens with zero attached hydrogens (tertiary/aromatic N) is 3. The van der Waals surface area contributed by atoms with E-state index in [-0.39, 0.29) is 5.91 Å². The first-order valence-electron chi connectivity index (χ1n) is 10.7. The first-order valence-corrected chi connectivity index (χ1v) is 10.7. The number of amides is 1. The van der Waals surface area contributed by atoms with Crippen LogP contribution in [0.25, 0.3) is 39.2 Å². The van der Waals surface area contributed by atoms with Crippen LogP contribution < -0.4 is 0 Å². The van der Waals surface area contributed by atoms with Crippen LogP contribution in [0.2, 0.25) is 0 Å². The number of rotatable bonds is 3. The fourth-order valence-corrected chi connectivity index (χ4v) is 4.20. The van der Waals surface area contributed by atoms with E-state index in [4.69, 9.17) is 9.15 Å². The van der Waals surface area contributed by atoms with E-state index in [2.05, 4.69) is 11.2 Å². The lowest BCUT2D eigenvalue weighted by molar-refractivity contribution is 0.0303. The number of para-hydroxylation sites is 1. The number of furan rings is 1. The highest BCUT2D eigenvalue weighted by Gasteiger charge is 2.18. The zero-order valence-corrected chi connectivity index (χ0v) is 17.4. The van der Waals surface area contributed by atoms with Gasteiger partial charge >= 0.3 is 0 Å². The summed E-state index contributed by atoms with van der Waals surface area (Å²) < 4.78 is 13.4. The molecule has 6 rings (SSSR count). The summed E-state index contributed by atoms with van der Waals surface area (Å²) in [5, 5.41) is 1.06. The number of carbonyl (C=O) groups excluding carboxylic acids is 1. The average Bonchev–Trinajstić information content (AvgIpc) is 3.47. The summed E-state index contributed by atoms with van der Waals surface area (Å²) in [6, 6.07) is 21.8. The molecule has 3 aromatic heterocycles. The summed E-state index contributed by atoms with van der Waals surface area (Å²) in [5.74, 6) is 0.833. The fraction of sp³-hybridized carbons (Fsp3) is 0.154. The highest BCUT2D eigenvalue weighted by atomic mass is 16.5. The SMILES string of the molecule is O=C(c1ccc(-c2ccc3ncc(-c4cc5ccccc5o4)n3c2)cc1)N1CCOCC1. The number of carbonyl (C=O) groups is 1. The third-order valence-corrected chi connectivity index (χ3v) is 5.95. The number of fused-ring (bicyclic) bond motifs is 2. The van der Waals surface area contributed by atoms with Gasteiger partial charge in [0.25, 0.3) is 5.91 Å². The van der Waals surface area contributed by atoms with Crippen LogP contribution in [0.3, 0.4) is 0 Å². The van der Waals surface area contributed by atoms with Crippen LogP contribution in [0.4, 0.5) is 0 Å². The maximum atomic E-state index is 12.7. The minimum Gasteiger partial charge on any atom is -0.454 e. The molecule has 1 fully saturated rings. The molecule has 6 nitrogen and oxygen atoms in total. The third-order valence-electron chi connectivity index (χ3n) is 5.95. The largest absolute Gasteiger partial charge is 0.454 e. The summed E-state index contributed by atoms with van der Waals surface area (Å²) in [6.07, 6.45) is 3.89. The summed E-state index contributed by atoms with van der Waals surface area (Å²) >= 11 is 0. The molecule has 6 heteroatoms. The Morgan fingerprint density at radius 3 is 2.50 bits per heavy atom. The maximum Gasteiger partial charge on any atom is 0.254 e. The van der Waals surface area contributed by atoms with Crippen LogP contribution in [0.1, 0.15) is 10.4 Å². The minimum atomic E-state index is 0.0529. The molecule has 32 heavy (non-hydrogen) atoms. The van der Waals surface area contributed by atoms with Gasteiger partial charge in [0.15, 0.2) is 5.76 Å². The molecule has 5 aromatic rings. The van der Waals surface area contributed by atoms with E-state index in [0.29, 0.717) is 31.9 Å². The Morgan fingerprint density at radius 1 is 0.906 bits per heavy atom. The molecule has 4 heterocycles. The molecule has 1 aliphatic rings. The van der Waals surface area contributed by atoms with Crippen molar-refractivity contribution in [3.8, 4) is 22.6 Å². The van der Waals surface area contributed by atoms with Gasteiger partial charge in [-0.2, -0.15) is 0 Å². The molecule has 0 atom stereocenters. The Kier molecular flexibility index (Phi) is 4.51. The molecule has 0 bridgehead atoms. The van der Waals surface area contributed by atoms with E-state index >= 15 is 0 Å². The van der Waals surface area contributed by atoms with Crippen molar-refractivity contribution in [2.24, 2.45) is 0 Å². The van der Waals surface area contributed by atoms with Crippen LogP contribution in [0.15, 0.2) is 83.5 Å². The molecule has 2 aromatic carbocycles. The van der Waals surface area contributed by atoms with Gasteiger partial charge in [-0.05, 0) is 47.5 Å². The summed E-state index contributed by atoms with van der Waals surface area (Å²) in [7, 11) is 0. The van der Waals surface area contributed by atoms with Crippen molar-refractivity contribution in [2.45, 2.75) is 0 Å². The molecule has 0 aliphatic carbocycles. The fourth-order valence-electron chi connectivity index (χ4n) is 4.20. The highest BCUT2D eigenvalue weighted by molar-refractivity contribution is 5.94. The molecule has 0 N–H and O–H groups in total. The zero-order valence-electron chi connectivity index (χ0n) is 17.4. The van der Waals surface area contributed by atoms with Gasteiger partial charge < -0.3 is 14.1 Å². The first kappa shape index (κ1) is 18.8. The van der Waals surface area contributed by atoms with Gasteiger partial charge in [-0.25, -0.2) is 4.98 Å². The van der Waals surface area contributed by atoms with Gasteiger partial charge in [0.05, 0.1) is 19.4 Å². The number of ether oxygens (including phenoxy) is 1. The van der Waals surface area contributed by atoms with E-state index in [1.807, 2.05) is 82.2 Å². The van der Waals surface area contributed by atoms with Crippen molar-refractivity contribution in [2.75, 3.05) is 26.3 Å². The molecule has 1 saturated heterocycles. The van der Waals surface area contributed by atoms with Crippen LogP contribution in [-0.2, 0) is 4.74 Å². The van der Waals surface area contributed by atoms with Crippen LogP contribution >= 0.6 is 0 Å². The second-order valence-electron chi connectivity index (χ2n) is 7.92. The third kappa shape index (κ3) is 3.25. The topological polar surface area (TPSA) is 60.0 Å². The number of morpholine rings is 1. The molecule has 0 spiro atoms. The maximum absolute atomic E-state index is 12.7. The first-order chi connectivity index (χ1) is 15.8. The predicted octanol–water partition coefficient (Wildman–Crippen LogP) is 4.89. The Balaban J connectivity index is 1.33. The van der Waals surface area contributed by atoms with E-state index in [0.717, 1.165) is 39.2 Å². The monoisotopic (exact) mass is 423 g/mol. The van der Waals surface area contributed by atoms with Gasteiger partial charge in [-0.1, -0.05) is 30.3 Å². The van der Waals surface area contributed by atoms with Crippen molar-refractivity contribution in [1.82, 2.24) is 14.3 Å². The Labute approximate surface area is 184 Å². The number of hydrogen-bond acceptors (Lipinski definition) is 4. The van der Waals surface area contributed by atoms with E-state index in [1.54, 1.807) is 0 Å². The number of pyridine rings is 1. The normalized spacial score (nSPS) is 14.3. The smallest absolute Gasteiger partial charge is 0.254 e. The number of aromatic nitrogens is 2. The van der Waals surface area contributed by atoms with Crippen molar-refractivity contribution in [3.05, 3.63) is 84.7 Å². The van der Waals surface area contributed by atoms with Gasteiger partial charge in [0, 0.05) is 30.2 Å². The molecule has 1 aliphatic heterocycles. The van der Waals surface area contributed by atoms with Crippen LogP contribution in [-0.4, -0.2) is 46.5 Å². The van der Waals surface area contributed by atoms with E-state index in [1.165, 1.54) is 0 Å². The molecule has 1 amide bonds. The van der Waals surface area contributed by atoms with Crippen molar-refractivity contribution >= 4 is 22.5 Å². The standard InChI is InChI=1S/C26H21N3O3/c30-26(28-11-13-31-14-12-28)19-7-5-18(6-8-19)21-9-10-25-27-16-22(29(25)17-21)24-15-20-3-1-2-4-23(20)32-24/h1-10,15-17H,11-14H2. The van der Waals surface area contributed by atoms with Gasteiger partial charge in [-0.15, -0.1) is 0 Å². The van der Waals surface area contributed by atoms with Crippen molar-refractivity contribution in [3.63, 3.8) is 0 Å². The molecule has 0 saturated carbocycles. The lowest BCUT2D eigenvalue weighted by Gasteiger charge is -2.26. The van der Waals surface area contributed by atoms with Gasteiger partial charge in [0.1, 0.15) is 16.9 Å². The Hall–Kier alpha value is -3.90. The predicted molar refractivity (Wildman–Crippen MR) is 123 cm³/mol. The quantitative estimate of drug-likeness (QED) is 0.415. The van der Waals surface area contributed by atoms with Crippen molar-refractivity contribution in [1.29, 1.82) is 0 Å². The number of imidazole rings is 1. The zero-order chi connectivity index (χ0) is 21.5. The van der Waals surface area contributed by atoms with Crippen LogP contribution in [0.5, 0.6) is 0 Å². The van der Waals surface area contributed by atoms with E-state index < -0.39 is 0 Å². The molecular weight excluding hydrogens is 402 g/mol. The second kappa shape index (κ2) is 7.66. The highest BCUT2D eigenvalue weighted by Crippen LogP contribution is 2.30. The molecule has 158 valence electrons.